The summed E-state index contributed by atoms with van der Waals surface area (Å²) >= 11 is 0. The van der Waals surface area contributed by atoms with Gasteiger partial charge in [0.15, 0.2) is 0 Å². The van der Waals surface area contributed by atoms with Crippen LogP contribution in [0.25, 0.3) is 0 Å². The molecule has 1 atom stereocenters. The van der Waals surface area contributed by atoms with Gasteiger partial charge in [0, 0.05) is 23.1 Å². The van der Waals surface area contributed by atoms with Crippen molar-refractivity contribution in [3.63, 3.8) is 0 Å². The molecule has 1 aliphatic heterocycles. The predicted octanol–water partition coefficient (Wildman–Crippen LogP) is 2.43. The number of nitrogens with zero attached hydrogens (tertiary/aromatic N) is 1. The van der Waals surface area contributed by atoms with E-state index in [0.717, 1.165) is 49.8 Å². The quantitative estimate of drug-likeness (QED) is 0.803. The number of hydrogen-bond acceptors (Lipinski definition) is 2. The van der Waals surface area contributed by atoms with Crippen LogP contribution >= 0.6 is 0 Å². The number of aliphatic imine (C=N–C) groups is 1. The molecular formula is C17H18N2O2. The molecule has 1 saturated carbocycles. The van der Waals surface area contributed by atoms with Crippen LogP contribution in [0.3, 0.4) is 0 Å². The minimum absolute atomic E-state index is 0.0147. The molecule has 0 radical (unpaired) electrons. The van der Waals surface area contributed by atoms with Crippen LogP contribution in [0.1, 0.15) is 38.5 Å². The van der Waals surface area contributed by atoms with Gasteiger partial charge in [0.2, 0.25) is 5.91 Å². The highest BCUT2D eigenvalue weighted by atomic mass is 16.2. The molecule has 0 saturated heterocycles. The van der Waals surface area contributed by atoms with E-state index in [2.05, 4.69) is 16.4 Å². The highest BCUT2D eigenvalue weighted by Crippen LogP contribution is 2.39. The van der Waals surface area contributed by atoms with Gasteiger partial charge in [-0.1, -0.05) is 12.5 Å². The summed E-state index contributed by atoms with van der Waals surface area (Å²) in [6.07, 6.45) is 11.9. The van der Waals surface area contributed by atoms with Crippen LogP contribution in [0.15, 0.2) is 40.1 Å². The van der Waals surface area contributed by atoms with Gasteiger partial charge in [0.05, 0.1) is 5.71 Å². The first kappa shape index (κ1) is 12.7. The number of carbonyl (C=O) groups is 2. The third-order valence-electron chi connectivity index (χ3n) is 4.96. The second-order valence-electron chi connectivity index (χ2n) is 6.25. The molecule has 4 heteroatoms. The van der Waals surface area contributed by atoms with Crippen LogP contribution in [0.2, 0.25) is 0 Å². The summed E-state index contributed by atoms with van der Waals surface area (Å²) < 4.78 is 0. The van der Waals surface area contributed by atoms with Crippen LogP contribution in [0, 0.1) is 11.8 Å². The highest BCUT2D eigenvalue weighted by Gasteiger charge is 2.34. The van der Waals surface area contributed by atoms with Gasteiger partial charge in [-0.05, 0) is 49.8 Å². The van der Waals surface area contributed by atoms with Crippen molar-refractivity contribution >= 4 is 17.5 Å². The monoisotopic (exact) mass is 282 g/mol. The average molecular weight is 282 g/mol. The van der Waals surface area contributed by atoms with Crippen LogP contribution in [-0.2, 0) is 9.59 Å². The molecule has 108 valence electrons. The van der Waals surface area contributed by atoms with Crippen molar-refractivity contribution in [3.05, 3.63) is 35.1 Å². The van der Waals surface area contributed by atoms with E-state index >= 15 is 0 Å². The van der Waals surface area contributed by atoms with E-state index < -0.39 is 0 Å². The van der Waals surface area contributed by atoms with Gasteiger partial charge in [0.25, 0.3) is 5.91 Å². The van der Waals surface area contributed by atoms with Crippen LogP contribution in [0.5, 0.6) is 0 Å². The van der Waals surface area contributed by atoms with Crippen LogP contribution in [-0.4, -0.2) is 17.5 Å². The van der Waals surface area contributed by atoms with E-state index in [1.807, 2.05) is 12.2 Å². The van der Waals surface area contributed by atoms with Gasteiger partial charge in [0.1, 0.15) is 0 Å². The van der Waals surface area contributed by atoms with E-state index in [1.54, 1.807) is 0 Å². The Morgan fingerprint density at radius 2 is 2.10 bits per heavy atom. The summed E-state index contributed by atoms with van der Waals surface area (Å²) in [5.41, 5.74) is 3.77. The van der Waals surface area contributed by atoms with Crippen molar-refractivity contribution in [3.8, 4) is 0 Å². The lowest BCUT2D eigenvalue weighted by molar-refractivity contribution is -0.123. The van der Waals surface area contributed by atoms with Gasteiger partial charge in [-0.15, -0.1) is 0 Å². The molecule has 1 heterocycles. The van der Waals surface area contributed by atoms with Crippen LogP contribution < -0.4 is 5.32 Å². The molecule has 0 aromatic rings. The summed E-state index contributed by atoms with van der Waals surface area (Å²) in [7, 11) is 0. The lowest BCUT2D eigenvalue weighted by Crippen LogP contribution is -2.35. The van der Waals surface area contributed by atoms with E-state index in [4.69, 9.17) is 0 Å². The number of amides is 2. The van der Waals surface area contributed by atoms with Crippen molar-refractivity contribution in [1.29, 1.82) is 0 Å². The molecule has 4 rings (SSSR count). The Kier molecular flexibility index (Phi) is 2.91. The Bertz CT molecular complexity index is 648. The molecule has 0 spiro atoms. The molecule has 1 fully saturated rings. The number of nitrogens with one attached hydrogen (secondary N) is 1. The van der Waals surface area contributed by atoms with E-state index in [1.165, 1.54) is 5.57 Å². The second kappa shape index (κ2) is 4.79. The number of fused-ring (bicyclic) bond motifs is 2. The fourth-order valence-electron chi connectivity index (χ4n) is 3.53. The fraction of sp³-hybridized carbons (Fsp3) is 0.471. The van der Waals surface area contributed by atoms with Gasteiger partial charge in [-0.3, -0.25) is 9.59 Å². The second-order valence-corrected chi connectivity index (χ2v) is 6.25. The third-order valence-corrected chi connectivity index (χ3v) is 4.96. The lowest BCUT2D eigenvalue weighted by atomic mass is 9.84. The standard InChI is InChI=1S/C17H18N2O2/c20-16(10-3-1-4-10)18-11-7-8-13-12-5-2-6-14(12)17(21)19-15(13)9-11/h7-10,13H,1-6H2,(H,19,21). The Hall–Kier alpha value is -1.97. The molecule has 3 aliphatic carbocycles. The Morgan fingerprint density at radius 1 is 1.24 bits per heavy atom. The molecular weight excluding hydrogens is 264 g/mol. The zero-order valence-corrected chi connectivity index (χ0v) is 11.9. The third kappa shape index (κ3) is 2.09. The molecule has 1 N–H and O–H groups in total. The SMILES string of the molecule is O=C1NC2=CC(=NC(=O)C3CCC3)C=CC2C2=C1CCC2. The maximum Gasteiger partial charge on any atom is 0.251 e. The maximum absolute atomic E-state index is 12.1. The molecule has 1 unspecified atom stereocenters. The first-order chi connectivity index (χ1) is 10.2. The molecule has 21 heavy (non-hydrogen) atoms. The molecule has 0 aromatic heterocycles. The minimum Gasteiger partial charge on any atom is -0.325 e. The number of hydrogen-bond donors (Lipinski definition) is 1. The zero-order chi connectivity index (χ0) is 14.4. The number of carbonyl (C=O) groups excluding carboxylic acids is 2. The van der Waals surface area contributed by atoms with Crippen LogP contribution in [0.4, 0.5) is 0 Å². The summed E-state index contributed by atoms with van der Waals surface area (Å²) in [5, 5.41) is 2.97. The topological polar surface area (TPSA) is 58.5 Å². The maximum atomic E-state index is 12.1. The van der Waals surface area contributed by atoms with Crippen molar-refractivity contribution in [2.75, 3.05) is 0 Å². The summed E-state index contributed by atoms with van der Waals surface area (Å²) in [4.78, 5) is 28.2. The predicted molar refractivity (Wildman–Crippen MR) is 79.5 cm³/mol. The van der Waals surface area contributed by atoms with Gasteiger partial charge in [-0.2, -0.15) is 0 Å². The molecule has 0 aromatic carbocycles. The number of rotatable bonds is 1. The van der Waals surface area contributed by atoms with Crippen molar-refractivity contribution < 1.29 is 9.59 Å². The van der Waals surface area contributed by atoms with Crippen molar-refractivity contribution in [2.24, 2.45) is 16.8 Å². The molecule has 4 nitrogen and oxygen atoms in total. The summed E-state index contributed by atoms with van der Waals surface area (Å²) in [6.45, 7) is 0. The van der Waals surface area contributed by atoms with Crippen molar-refractivity contribution in [2.45, 2.75) is 38.5 Å². The molecule has 2 amide bonds. The van der Waals surface area contributed by atoms with Gasteiger partial charge in [-0.25, -0.2) is 4.99 Å². The van der Waals surface area contributed by atoms with E-state index in [-0.39, 0.29) is 23.7 Å². The smallest absolute Gasteiger partial charge is 0.251 e. The molecule has 4 aliphatic rings. The highest BCUT2D eigenvalue weighted by molar-refractivity contribution is 6.12. The minimum atomic E-state index is -0.0147. The zero-order valence-electron chi connectivity index (χ0n) is 11.9. The van der Waals surface area contributed by atoms with E-state index in [9.17, 15) is 9.59 Å². The van der Waals surface area contributed by atoms with Crippen molar-refractivity contribution in [1.82, 2.24) is 5.32 Å². The fourth-order valence-corrected chi connectivity index (χ4v) is 3.53. The van der Waals surface area contributed by atoms with Gasteiger partial charge < -0.3 is 5.32 Å². The Labute approximate surface area is 123 Å². The normalized spacial score (nSPS) is 29.7. The Morgan fingerprint density at radius 3 is 2.86 bits per heavy atom. The summed E-state index contributed by atoms with van der Waals surface area (Å²) in [6, 6.07) is 0. The first-order valence-corrected chi connectivity index (χ1v) is 7.78. The van der Waals surface area contributed by atoms with Gasteiger partial charge >= 0.3 is 0 Å². The Balaban J connectivity index is 1.61. The largest absolute Gasteiger partial charge is 0.325 e. The summed E-state index contributed by atoms with van der Waals surface area (Å²) in [5.74, 6) is 0.314. The lowest BCUT2D eigenvalue weighted by Gasteiger charge is -2.28. The first-order valence-electron chi connectivity index (χ1n) is 7.78. The van der Waals surface area contributed by atoms with E-state index in [0.29, 0.717) is 5.71 Å². The number of allylic oxidation sites excluding steroid dienone is 3. The average Bonchev–Trinajstić information content (AvgIpc) is 2.86. The molecule has 0 bridgehead atoms.